The first-order chi connectivity index (χ1) is 12.1. The summed E-state index contributed by atoms with van der Waals surface area (Å²) in [6.07, 6.45) is 4.21. The Hall–Kier alpha value is -2.63. The third-order valence-electron chi connectivity index (χ3n) is 4.68. The second-order valence-corrected chi connectivity index (χ2v) is 6.49. The Bertz CT molecular complexity index is 751. The van der Waals surface area contributed by atoms with Gasteiger partial charge in [-0.1, -0.05) is 19.1 Å². The van der Waals surface area contributed by atoms with Gasteiger partial charge in [0.25, 0.3) is 5.91 Å². The fraction of sp³-hybridized carbons (Fsp3) is 0.421. The Balaban J connectivity index is 1.65. The molecule has 1 aliphatic rings. The highest BCUT2D eigenvalue weighted by molar-refractivity contribution is 6.03. The molecule has 1 N–H and O–H groups in total. The first-order valence-electron chi connectivity index (χ1n) is 8.80. The van der Waals surface area contributed by atoms with Crippen LogP contribution in [0.15, 0.2) is 36.5 Å². The monoisotopic (exact) mass is 340 g/mol. The maximum absolute atomic E-state index is 12.5. The van der Waals surface area contributed by atoms with Crippen molar-refractivity contribution >= 4 is 17.6 Å². The summed E-state index contributed by atoms with van der Waals surface area (Å²) in [6.45, 7) is 5.58. The zero-order valence-electron chi connectivity index (χ0n) is 14.7. The lowest BCUT2D eigenvalue weighted by atomic mass is 10.1. The molecule has 0 bridgehead atoms. The summed E-state index contributed by atoms with van der Waals surface area (Å²) in [7, 11) is 0. The second-order valence-electron chi connectivity index (χ2n) is 6.49. The third kappa shape index (κ3) is 3.90. The molecule has 2 aromatic rings. The molecular formula is C19H24N4O2. The van der Waals surface area contributed by atoms with E-state index in [9.17, 15) is 9.59 Å². The lowest BCUT2D eigenvalue weighted by Gasteiger charge is -2.16. The number of nitrogens with zero attached hydrogens (tertiary/aromatic N) is 3. The van der Waals surface area contributed by atoms with E-state index in [1.54, 1.807) is 24.4 Å². The van der Waals surface area contributed by atoms with E-state index in [0.29, 0.717) is 24.3 Å². The number of hydrogen-bond acceptors (Lipinski definition) is 3. The molecule has 0 aliphatic carbocycles. The molecule has 6 nitrogen and oxygen atoms in total. The van der Waals surface area contributed by atoms with Gasteiger partial charge in [-0.05, 0) is 37.5 Å². The number of amides is 2. The lowest BCUT2D eigenvalue weighted by molar-refractivity contribution is -0.128. The predicted octanol–water partition coefficient (Wildman–Crippen LogP) is 3.23. The molecule has 3 rings (SSSR count). The van der Waals surface area contributed by atoms with Crippen LogP contribution in [0.1, 0.15) is 55.1 Å². The van der Waals surface area contributed by atoms with Crippen molar-refractivity contribution in [1.29, 1.82) is 0 Å². The van der Waals surface area contributed by atoms with Gasteiger partial charge in [-0.2, -0.15) is 5.10 Å². The Kier molecular flexibility index (Phi) is 5.16. The number of hydrogen-bond donors (Lipinski definition) is 1. The summed E-state index contributed by atoms with van der Waals surface area (Å²) in [5.41, 5.74) is 1.63. The van der Waals surface area contributed by atoms with Crippen LogP contribution < -0.4 is 5.32 Å². The molecule has 0 saturated carbocycles. The molecule has 2 heterocycles. The number of aromatic nitrogens is 2. The molecule has 6 heteroatoms. The zero-order valence-corrected chi connectivity index (χ0v) is 14.7. The highest BCUT2D eigenvalue weighted by Gasteiger charge is 2.20. The van der Waals surface area contributed by atoms with Gasteiger partial charge < -0.3 is 10.2 Å². The minimum Gasteiger partial charge on any atom is -0.338 e. The van der Waals surface area contributed by atoms with E-state index in [4.69, 9.17) is 0 Å². The van der Waals surface area contributed by atoms with E-state index < -0.39 is 0 Å². The Morgan fingerprint density at radius 1 is 1.28 bits per heavy atom. The summed E-state index contributed by atoms with van der Waals surface area (Å²) in [4.78, 5) is 26.0. The largest absolute Gasteiger partial charge is 0.338 e. The number of benzene rings is 1. The molecule has 1 aliphatic heterocycles. The van der Waals surface area contributed by atoms with E-state index in [-0.39, 0.29) is 17.9 Å². The van der Waals surface area contributed by atoms with Gasteiger partial charge in [0.1, 0.15) is 5.82 Å². The average Bonchev–Trinajstić information content (AvgIpc) is 3.24. The molecule has 1 atom stereocenters. The van der Waals surface area contributed by atoms with Crippen LogP contribution >= 0.6 is 0 Å². The molecule has 0 radical (unpaired) electrons. The lowest BCUT2D eigenvalue weighted by Crippen LogP contribution is -2.23. The van der Waals surface area contributed by atoms with Gasteiger partial charge >= 0.3 is 0 Å². The number of anilines is 1. The Morgan fingerprint density at radius 3 is 2.68 bits per heavy atom. The van der Waals surface area contributed by atoms with Crippen molar-refractivity contribution < 1.29 is 9.59 Å². The second kappa shape index (κ2) is 7.51. The van der Waals surface area contributed by atoms with Gasteiger partial charge in [-0.3, -0.25) is 9.59 Å². The molecule has 1 fully saturated rings. The maximum atomic E-state index is 12.5. The SMILES string of the molecule is CCC(C)n1nccc1NC(=O)c1ccc(CN2CCCC2=O)cc1. The summed E-state index contributed by atoms with van der Waals surface area (Å²) in [5, 5.41) is 7.20. The van der Waals surface area contributed by atoms with Crippen molar-refractivity contribution in [3.8, 4) is 0 Å². The number of carbonyl (C=O) groups excluding carboxylic acids is 2. The van der Waals surface area contributed by atoms with Gasteiger partial charge in [0.05, 0.1) is 12.2 Å². The highest BCUT2D eigenvalue weighted by atomic mass is 16.2. The van der Waals surface area contributed by atoms with E-state index >= 15 is 0 Å². The molecule has 1 aromatic carbocycles. The quantitative estimate of drug-likeness (QED) is 0.878. The van der Waals surface area contributed by atoms with Crippen molar-refractivity contribution in [2.75, 3.05) is 11.9 Å². The van der Waals surface area contributed by atoms with Crippen LogP contribution in [-0.2, 0) is 11.3 Å². The molecule has 1 saturated heterocycles. The minimum atomic E-state index is -0.158. The van der Waals surface area contributed by atoms with Gasteiger partial charge in [-0.15, -0.1) is 0 Å². The topological polar surface area (TPSA) is 67.2 Å². The molecule has 25 heavy (non-hydrogen) atoms. The highest BCUT2D eigenvalue weighted by Crippen LogP contribution is 2.18. The van der Waals surface area contributed by atoms with Crippen LogP contribution in [0.3, 0.4) is 0 Å². The van der Waals surface area contributed by atoms with Gasteiger partial charge in [0.15, 0.2) is 0 Å². The molecule has 132 valence electrons. The van der Waals surface area contributed by atoms with Crippen LogP contribution in [0.5, 0.6) is 0 Å². The number of carbonyl (C=O) groups is 2. The first-order valence-corrected chi connectivity index (χ1v) is 8.80. The average molecular weight is 340 g/mol. The van der Waals surface area contributed by atoms with Crippen molar-refractivity contribution in [2.45, 2.75) is 45.7 Å². The fourth-order valence-corrected chi connectivity index (χ4v) is 2.98. The standard InChI is InChI=1S/C19H24N4O2/c1-3-14(2)23-17(10-11-20-23)21-19(25)16-8-6-15(7-9-16)13-22-12-4-5-18(22)24/h6-11,14H,3-5,12-13H2,1-2H3,(H,21,25). The van der Waals surface area contributed by atoms with Crippen LogP contribution in [-0.4, -0.2) is 33.0 Å². The zero-order chi connectivity index (χ0) is 17.8. The summed E-state index contributed by atoms with van der Waals surface area (Å²) >= 11 is 0. The van der Waals surface area contributed by atoms with Crippen molar-refractivity contribution in [3.63, 3.8) is 0 Å². The summed E-state index contributed by atoms with van der Waals surface area (Å²) in [6, 6.07) is 9.45. The third-order valence-corrected chi connectivity index (χ3v) is 4.68. The van der Waals surface area contributed by atoms with E-state index in [0.717, 1.165) is 24.9 Å². The minimum absolute atomic E-state index is 0.158. The van der Waals surface area contributed by atoms with E-state index in [1.807, 2.05) is 21.7 Å². The smallest absolute Gasteiger partial charge is 0.256 e. The normalized spacial score (nSPS) is 15.4. The summed E-state index contributed by atoms with van der Waals surface area (Å²) < 4.78 is 1.82. The predicted molar refractivity (Wildman–Crippen MR) is 96.3 cm³/mol. The fourth-order valence-electron chi connectivity index (χ4n) is 2.98. The van der Waals surface area contributed by atoms with E-state index in [2.05, 4.69) is 24.3 Å². The van der Waals surface area contributed by atoms with Crippen LogP contribution in [0, 0.1) is 0 Å². The first kappa shape index (κ1) is 17.2. The number of likely N-dealkylation sites (tertiary alicyclic amines) is 1. The molecule has 0 spiro atoms. The number of nitrogens with one attached hydrogen (secondary N) is 1. The van der Waals surface area contributed by atoms with Crippen molar-refractivity contribution in [1.82, 2.24) is 14.7 Å². The van der Waals surface area contributed by atoms with Crippen molar-refractivity contribution in [3.05, 3.63) is 47.7 Å². The van der Waals surface area contributed by atoms with Crippen LogP contribution in [0.2, 0.25) is 0 Å². The van der Waals surface area contributed by atoms with Crippen LogP contribution in [0.25, 0.3) is 0 Å². The van der Waals surface area contributed by atoms with Gasteiger partial charge in [0, 0.05) is 31.1 Å². The Morgan fingerprint density at radius 2 is 2.04 bits per heavy atom. The summed E-state index contributed by atoms with van der Waals surface area (Å²) in [5.74, 6) is 0.750. The van der Waals surface area contributed by atoms with Crippen molar-refractivity contribution in [2.24, 2.45) is 0 Å². The molecule has 1 aromatic heterocycles. The number of rotatable bonds is 6. The maximum Gasteiger partial charge on any atom is 0.256 e. The molecule has 1 unspecified atom stereocenters. The van der Waals surface area contributed by atoms with Crippen LogP contribution in [0.4, 0.5) is 5.82 Å². The van der Waals surface area contributed by atoms with Gasteiger partial charge in [0.2, 0.25) is 5.91 Å². The van der Waals surface area contributed by atoms with Gasteiger partial charge in [-0.25, -0.2) is 4.68 Å². The Labute approximate surface area is 147 Å². The molecule has 2 amide bonds. The molecular weight excluding hydrogens is 316 g/mol. The van der Waals surface area contributed by atoms with E-state index in [1.165, 1.54) is 0 Å².